The Hall–Kier alpha value is -4.83. The van der Waals surface area contributed by atoms with Crippen molar-refractivity contribution in [3.63, 3.8) is 0 Å². The summed E-state index contributed by atoms with van der Waals surface area (Å²) in [6, 6.07) is 0. The summed E-state index contributed by atoms with van der Waals surface area (Å²) < 4.78 is 22.9. The van der Waals surface area contributed by atoms with Gasteiger partial charge < -0.3 is 28.5 Å². The number of carbonyl (C=O) groups is 3. The molecule has 0 aliphatic heterocycles. The lowest BCUT2D eigenvalue weighted by Gasteiger charge is -2.25. The van der Waals surface area contributed by atoms with E-state index in [0.29, 0.717) is 17.4 Å². The molecule has 0 aliphatic carbocycles. The molecule has 0 aliphatic rings. The van der Waals surface area contributed by atoms with E-state index < -0.39 is 24.3 Å². The first-order valence-corrected chi connectivity index (χ1v) is 37.0. The summed E-state index contributed by atoms with van der Waals surface area (Å²) in [5.41, 5.74) is 0. The second-order valence-corrected chi connectivity index (χ2v) is 25.5. The van der Waals surface area contributed by atoms with Gasteiger partial charge >= 0.3 is 17.9 Å². The van der Waals surface area contributed by atoms with Crippen LogP contribution in [0.2, 0.25) is 0 Å². The number of esters is 2. The Morgan fingerprint density at radius 2 is 0.626 bits per heavy atom. The molecule has 91 heavy (non-hydrogen) atoms. The maximum absolute atomic E-state index is 12.9. The topological polar surface area (TPSA) is 108 Å². The van der Waals surface area contributed by atoms with Crippen molar-refractivity contribution in [1.82, 2.24) is 0 Å². The summed E-state index contributed by atoms with van der Waals surface area (Å²) in [6.07, 6.45) is 101. The summed E-state index contributed by atoms with van der Waals surface area (Å²) in [5.74, 6) is -2.07. The Labute approximate surface area is 560 Å². The molecule has 0 amide bonds. The first-order valence-electron chi connectivity index (χ1n) is 37.0. The van der Waals surface area contributed by atoms with E-state index in [9.17, 15) is 19.5 Å². The number of rotatable bonds is 67. The van der Waals surface area contributed by atoms with Gasteiger partial charge in [-0.2, -0.15) is 0 Å². The van der Waals surface area contributed by atoms with Gasteiger partial charge in [-0.3, -0.25) is 9.59 Å². The smallest absolute Gasteiger partial charge is 0.361 e. The third-order valence-electron chi connectivity index (χ3n) is 15.6. The Morgan fingerprint density at radius 3 is 0.934 bits per heavy atom. The van der Waals surface area contributed by atoms with Gasteiger partial charge in [0.2, 0.25) is 0 Å². The minimum Gasteiger partial charge on any atom is -0.477 e. The molecular formula is C82H138NO8+. The molecule has 0 aromatic rings. The Kier molecular flexibility index (Phi) is 67.3. The molecule has 0 aromatic carbocycles. The molecule has 2 unspecified atom stereocenters. The van der Waals surface area contributed by atoms with Crippen LogP contribution in [0.5, 0.6) is 0 Å². The molecule has 0 saturated carbocycles. The van der Waals surface area contributed by atoms with Gasteiger partial charge in [-0.25, -0.2) is 4.79 Å². The van der Waals surface area contributed by atoms with Crippen LogP contribution in [0.25, 0.3) is 0 Å². The number of quaternary nitrogens is 1. The number of hydrogen-bond donors (Lipinski definition) is 1. The van der Waals surface area contributed by atoms with Crippen LogP contribution >= 0.6 is 0 Å². The third kappa shape index (κ3) is 72.5. The first kappa shape index (κ1) is 86.2. The molecule has 0 heterocycles. The van der Waals surface area contributed by atoms with E-state index in [0.717, 1.165) is 109 Å². The molecule has 0 fully saturated rings. The van der Waals surface area contributed by atoms with Crippen LogP contribution in [-0.4, -0.2) is 87.4 Å². The van der Waals surface area contributed by atoms with E-state index in [1.807, 2.05) is 21.1 Å². The highest BCUT2D eigenvalue weighted by molar-refractivity contribution is 5.71. The zero-order valence-corrected chi connectivity index (χ0v) is 59.2. The van der Waals surface area contributed by atoms with Crippen molar-refractivity contribution in [3.05, 3.63) is 146 Å². The minimum absolute atomic E-state index is 0.173. The van der Waals surface area contributed by atoms with Gasteiger partial charge in [0, 0.05) is 12.8 Å². The summed E-state index contributed by atoms with van der Waals surface area (Å²) in [5, 5.41) is 9.75. The second kappa shape index (κ2) is 71.0. The van der Waals surface area contributed by atoms with Crippen LogP contribution < -0.4 is 0 Å². The molecule has 0 bridgehead atoms. The van der Waals surface area contributed by atoms with Crippen molar-refractivity contribution in [2.75, 3.05) is 47.5 Å². The average molecular weight is 1270 g/mol. The van der Waals surface area contributed by atoms with Crippen LogP contribution in [0.3, 0.4) is 0 Å². The van der Waals surface area contributed by atoms with Gasteiger partial charge in [0.1, 0.15) is 13.2 Å². The predicted molar refractivity (Wildman–Crippen MR) is 391 cm³/mol. The maximum Gasteiger partial charge on any atom is 0.361 e. The summed E-state index contributed by atoms with van der Waals surface area (Å²) in [6.45, 7) is 4.73. The SMILES string of the molecule is CC/C=C\C/C=C\C/C=C\C/C=C\C/C=C\C/C=C\C/C=C\C/C=C\C/C=C\C/C=C\C/C=C\C/C=C\CCCCC(=O)OC(COC(=O)CCCCCCCCCCCCCCCCCCCCCCCCCCCCC)COC(OCC[N+](C)(C)C)C(=O)O. The van der Waals surface area contributed by atoms with Crippen molar-refractivity contribution in [1.29, 1.82) is 0 Å². The van der Waals surface area contributed by atoms with Crippen LogP contribution in [-0.2, 0) is 33.3 Å². The number of unbranched alkanes of at least 4 members (excludes halogenated alkanes) is 28. The van der Waals surface area contributed by atoms with Crippen molar-refractivity contribution in [2.45, 2.75) is 309 Å². The molecular weight excluding hydrogens is 1130 g/mol. The predicted octanol–water partition coefficient (Wildman–Crippen LogP) is 23.5. The average Bonchev–Trinajstić information content (AvgIpc) is 3.46. The summed E-state index contributed by atoms with van der Waals surface area (Å²) in [4.78, 5) is 37.6. The van der Waals surface area contributed by atoms with Crippen LogP contribution in [0.4, 0.5) is 0 Å². The van der Waals surface area contributed by atoms with Gasteiger partial charge in [0.25, 0.3) is 6.29 Å². The van der Waals surface area contributed by atoms with E-state index in [1.54, 1.807) is 0 Å². The number of allylic oxidation sites excluding steroid dienone is 24. The molecule has 9 nitrogen and oxygen atoms in total. The molecule has 0 aromatic heterocycles. The van der Waals surface area contributed by atoms with Gasteiger partial charge in [-0.1, -0.05) is 327 Å². The number of carboxylic acid groups (broad SMARTS) is 1. The number of likely N-dealkylation sites (N-methyl/N-ethyl adjacent to an activating group) is 1. The van der Waals surface area contributed by atoms with Gasteiger partial charge in [0.05, 0.1) is 34.4 Å². The van der Waals surface area contributed by atoms with E-state index in [1.165, 1.54) is 154 Å². The van der Waals surface area contributed by atoms with E-state index >= 15 is 0 Å². The van der Waals surface area contributed by atoms with Crippen LogP contribution in [0, 0.1) is 0 Å². The number of hydrogen-bond acceptors (Lipinski definition) is 7. The van der Waals surface area contributed by atoms with Crippen molar-refractivity contribution in [3.8, 4) is 0 Å². The second-order valence-electron chi connectivity index (χ2n) is 25.5. The van der Waals surface area contributed by atoms with E-state index in [2.05, 4.69) is 160 Å². The van der Waals surface area contributed by atoms with E-state index in [-0.39, 0.29) is 38.6 Å². The minimum atomic E-state index is -1.53. The molecule has 2 atom stereocenters. The number of carboxylic acids is 1. The molecule has 0 radical (unpaired) electrons. The number of nitrogens with zero attached hydrogens (tertiary/aromatic N) is 1. The lowest BCUT2D eigenvalue weighted by Crippen LogP contribution is -2.40. The quantitative estimate of drug-likeness (QED) is 0.0211. The fourth-order valence-corrected chi connectivity index (χ4v) is 10.00. The highest BCUT2D eigenvalue weighted by Crippen LogP contribution is 2.17. The first-order chi connectivity index (χ1) is 44.6. The highest BCUT2D eigenvalue weighted by atomic mass is 16.7. The van der Waals surface area contributed by atoms with Crippen LogP contribution in [0.15, 0.2) is 146 Å². The lowest BCUT2D eigenvalue weighted by atomic mass is 10.0. The van der Waals surface area contributed by atoms with Crippen molar-refractivity contribution in [2.24, 2.45) is 0 Å². The van der Waals surface area contributed by atoms with E-state index in [4.69, 9.17) is 18.9 Å². The number of carbonyl (C=O) groups excluding carboxylic acids is 2. The third-order valence-corrected chi connectivity index (χ3v) is 15.6. The summed E-state index contributed by atoms with van der Waals surface area (Å²) >= 11 is 0. The summed E-state index contributed by atoms with van der Waals surface area (Å²) in [7, 11) is 5.96. The normalized spacial score (nSPS) is 13.5. The fraction of sp³-hybridized carbons (Fsp3) is 0.671. The molecule has 0 rings (SSSR count). The zero-order chi connectivity index (χ0) is 66.1. The number of ether oxygens (including phenoxy) is 4. The molecule has 9 heteroatoms. The maximum atomic E-state index is 12.9. The Morgan fingerprint density at radius 1 is 0.341 bits per heavy atom. The Balaban J connectivity index is 4.22. The largest absolute Gasteiger partial charge is 0.477 e. The number of aliphatic carboxylic acids is 1. The van der Waals surface area contributed by atoms with Crippen molar-refractivity contribution < 1.29 is 42.9 Å². The van der Waals surface area contributed by atoms with Crippen LogP contribution in [0.1, 0.15) is 296 Å². The lowest BCUT2D eigenvalue weighted by molar-refractivity contribution is -0.870. The zero-order valence-electron chi connectivity index (χ0n) is 59.2. The molecule has 518 valence electrons. The van der Waals surface area contributed by atoms with Gasteiger partial charge in [-0.05, 0) is 103 Å². The molecule has 0 spiro atoms. The Bertz CT molecular complexity index is 2010. The highest BCUT2D eigenvalue weighted by Gasteiger charge is 2.25. The van der Waals surface area contributed by atoms with Gasteiger partial charge in [-0.15, -0.1) is 0 Å². The fourth-order valence-electron chi connectivity index (χ4n) is 10.00. The van der Waals surface area contributed by atoms with Gasteiger partial charge in [0.15, 0.2) is 6.10 Å². The molecule has 0 saturated heterocycles. The van der Waals surface area contributed by atoms with Crippen molar-refractivity contribution >= 4 is 17.9 Å². The molecule has 1 N–H and O–H groups in total. The standard InChI is InChI=1S/C82H137NO8/c1-6-8-10-12-14-16-18-20-22-24-26-28-30-32-34-35-36-37-38-39-40-41-42-43-44-45-47-49-51-53-55-57-59-61-63-65-67-69-71-73-80(85)91-78(77-90-82(81(86)87)88-75-74-83(3,4)5)76-89-79(84)72-70-68-66-64-62-60-58-56-54-52-50-48-46-33-31-29-27-25-23-21-19-17-15-13-11-9-7-2/h8,10,14,16,20,22,26,28,32,34,36-37,39-40,42-43,45,47,51,53,57,59,63,65,78,82H,6-7,9,11-13,15,17-19,21,23-25,27,29-31,33,35,38,41,44,46,48-50,52,54-56,58,60-62,64,66-77H2,1-5H3/p+1/b10-8-,16-14-,22-20-,28-26-,34-32-,37-36-,40-39-,43-42-,47-45-,53-51-,59-57-,65-63-. The monoisotopic (exact) mass is 1270 g/mol.